The SMILES string of the molecule is CCCCCCC1N=C(c2cccc(F)c2)C(=O)N1C(CCC)c1ccc(CCC)cc1.NC=O. The summed E-state index contributed by atoms with van der Waals surface area (Å²) in [7, 11) is 0. The van der Waals surface area contributed by atoms with Gasteiger partial charge in [-0.2, -0.15) is 0 Å². The Morgan fingerprint density at radius 3 is 2.34 bits per heavy atom. The number of halogens is 1. The van der Waals surface area contributed by atoms with E-state index in [2.05, 4.69) is 50.8 Å². The van der Waals surface area contributed by atoms with Gasteiger partial charge >= 0.3 is 0 Å². The molecule has 1 aliphatic heterocycles. The minimum atomic E-state index is -0.340. The van der Waals surface area contributed by atoms with Gasteiger partial charge in [-0.1, -0.05) is 89.3 Å². The van der Waals surface area contributed by atoms with Crippen LogP contribution in [0.4, 0.5) is 4.39 Å². The summed E-state index contributed by atoms with van der Waals surface area (Å²) < 4.78 is 13.9. The van der Waals surface area contributed by atoms with Crippen molar-refractivity contribution in [2.45, 2.75) is 90.8 Å². The molecule has 3 rings (SSSR count). The summed E-state index contributed by atoms with van der Waals surface area (Å²) in [6.07, 6.45) is 9.50. The Bertz CT molecular complexity index is 959. The molecule has 2 N–H and O–H groups in total. The Labute approximate surface area is 209 Å². The monoisotopic (exact) mass is 481 g/mol. The molecule has 0 radical (unpaired) electrons. The number of carbonyl (C=O) groups excluding carboxylic acids is 2. The first-order valence-electron chi connectivity index (χ1n) is 12.9. The van der Waals surface area contributed by atoms with E-state index in [0.29, 0.717) is 11.3 Å². The first-order valence-corrected chi connectivity index (χ1v) is 12.9. The summed E-state index contributed by atoms with van der Waals surface area (Å²) in [6.45, 7) is 6.54. The molecular weight excluding hydrogens is 441 g/mol. The number of nitrogens with zero attached hydrogens (tertiary/aromatic N) is 2. The number of unbranched alkanes of at least 4 members (excludes halogenated alkanes) is 3. The summed E-state index contributed by atoms with van der Waals surface area (Å²) in [4.78, 5) is 29.1. The third kappa shape index (κ3) is 8.01. The number of primary amides is 1. The Morgan fingerprint density at radius 2 is 1.74 bits per heavy atom. The fraction of sp³-hybridized carbons (Fsp3) is 0.483. The third-order valence-electron chi connectivity index (χ3n) is 6.25. The Kier molecular flexibility index (Phi) is 12.2. The third-order valence-corrected chi connectivity index (χ3v) is 6.25. The summed E-state index contributed by atoms with van der Waals surface area (Å²) in [6, 6.07) is 15.0. The molecule has 2 amide bonds. The number of benzene rings is 2. The standard InChI is InChI=1S/C28H37FN2O.CH3NO/c1-4-7-8-9-15-26-30-27(23-13-10-14-24(29)20-23)28(32)31(26)25(12-6-3)22-18-16-21(11-5-2)17-19-22;2-1-3/h10,13-14,16-20,25-26H,4-9,11-12,15H2,1-3H3;1H,(H2,2,3). The van der Waals surface area contributed by atoms with Crippen molar-refractivity contribution < 1.29 is 14.0 Å². The predicted octanol–water partition coefficient (Wildman–Crippen LogP) is 6.35. The number of amides is 2. The zero-order valence-corrected chi connectivity index (χ0v) is 21.4. The van der Waals surface area contributed by atoms with Crippen LogP contribution >= 0.6 is 0 Å². The van der Waals surface area contributed by atoms with Gasteiger partial charge in [0.15, 0.2) is 0 Å². The second-order valence-corrected chi connectivity index (χ2v) is 8.96. The lowest BCUT2D eigenvalue weighted by Crippen LogP contribution is -2.39. The first kappa shape index (κ1) is 28.2. The van der Waals surface area contributed by atoms with Gasteiger partial charge in [0, 0.05) is 5.56 Å². The number of carbonyl (C=O) groups is 2. The minimum absolute atomic E-state index is 0.0193. The van der Waals surface area contributed by atoms with Crippen LogP contribution in [-0.2, 0) is 16.0 Å². The molecule has 0 saturated heterocycles. The van der Waals surface area contributed by atoms with Crippen molar-refractivity contribution in [3.05, 3.63) is 71.0 Å². The lowest BCUT2D eigenvalue weighted by atomic mass is 9.97. The topological polar surface area (TPSA) is 75.8 Å². The number of aliphatic imine (C=N–C) groups is 1. The average molecular weight is 482 g/mol. The van der Waals surface area contributed by atoms with Gasteiger partial charge in [-0.15, -0.1) is 0 Å². The predicted molar refractivity (Wildman–Crippen MR) is 141 cm³/mol. The molecule has 0 bridgehead atoms. The number of nitrogens with two attached hydrogens (primary N) is 1. The molecule has 190 valence electrons. The van der Waals surface area contributed by atoms with E-state index in [0.717, 1.165) is 50.5 Å². The van der Waals surface area contributed by atoms with Crippen LogP contribution in [0.5, 0.6) is 0 Å². The molecule has 5 nitrogen and oxygen atoms in total. The van der Waals surface area contributed by atoms with E-state index >= 15 is 0 Å². The molecular formula is C29H40FN3O2. The van der Waals surface area contributed by atoms with E-state index in [4.69, 9.17) is 9.79 Å². The van der Waals surface area contributed by atoms with Crippen molar-refractivity contribution in [2.24, 2.45) is 10.7 Å². The molecule has 0 aliphatic carbocycles. The highest BCUT2D eigenvalue weighted by Gasteiger charge is 2.39. The first-order chi connectivity index (χ1) is 17.0. The average Bonchev–Trinajstić information content (AvgIpc) is 3.17. The number of hydrogen-bond donors (Lipinski definition) is 1. The van der Waals surface area contributed by atoms with Crippen LogP contribution in [0.25, 0.3) is 0 Å². The molecule has 0 saturated carbocycles. The van der Waals surface area contributed by atoms with E-state index in [1.165, 1.54) is 30.5 Å². The van der Waals surface area contributed by atoms with Crippen molar-refractivity contribution in [2.75, 3.05) is 0 Å². The Morgan fingerprint density at radius 1 is 1.03 bits per heavy atom. The maximum absolute atomic E-state index is 13.9. The van der Waals surface area contributed by atoms with Crippen LogP contribution in [0.1, 0.15) is 94.9 Å². The molecule has 2 aromatic carbocycles. The van der Waals surface area contributed by atoms with Gasteiger partial charge in [0.1, 0.15) is 17.7 Å². The van der Waals surface area contributed by atoms with Gasteiger partial charge in [-0.05, 0) is 48.9 Å². The highest BCUT2D eigenvalue weighted by molar-refractivity contribution is 6.46. The van der Waals surface area contributed by atoms with Crippen LogP contribution in [-0.4, -0.2) is 29.1 Å². The van der Waals surface area contributed by atoms with E-state index in [1.807, 2.05) is 4.90 Å². The molecule has 0 spiro atoms. The zero-order valence-electron chi connectivity index (χ0n) is 21.4. The van der Waals surface area contributed by atoms with Gasteiger partial charge < -0.3 is 10.6 Å². The number of aryl methyl sites for hydroxylation is 1. The minimum Gasteiger partial charge on any atom is -0.372 e. The molecule has 1 aliphatic rings. The van der Waals surface area contributed by atoms with Gasteiger partial charge in [0.05, 0.1) is 6.04 Å². The van der Waals surface area contributed by atoms with Crippen molar-refractivity contribution in [3.8, 4) is 0 Å². The van der Waals surface area contributed by atoms with Crippen LogP contribution < -0.4 is 5.73 Å². The molecule has 0 fully saturated rings. The van der Waals surface area contributed by atoms with Crippen LogP contribution in [0.3, 0.4) is 0 Å². The Hall–Kier alpha value is -3.02. The van der Waals surface area contributed by atoms with E-state index in [-0.39, 0.29) is 30.3 Å². The molecule has 6 heteroatoms. The normalized spacial score (nSPS) is 15.9. The lowest BCUT2D eigenvalue weighted by molar-refractivity contribution is -0.127. The molecule has 0 aromatic heterocycles. The molecule has 1 heterocycles. The molecule has 2 atom stereocenters. The number of hydrogen-bond acceptors (Lipinski definition) is 3. The quantitative estimate of drug-likeness (QED) is 0.283. The van der Waals surface area contributed by atoms with Gasteiger partial charge in [0.25, 0.3) is 5.91 Å². The van der Waals surface area contributed by atoms with E-state index in [9.17, 15) is 9.18 Å². The molecule has 2 aromatic rings. The van der Waals surface area contributed by atoms with Crippen LogP contribution in [0, 0.1) is 5.82 Å². The van der Waals surface area contributed by atoms with Crippen molar-refractivity contribution in [1.82, 2.24) is 4.90 Å². The lowest BCUT2D eigenvalue weighted by Gasteiger charge is -2.33. The number of rotatable bonds is 12. The highest BCUT2D eigenvalue weighted by atomic mass is 19.1. The van der Waals surface area contributed by atoms with Crippen LogP contribution in [0.15, 0.2) is 53.5 Å². The van der Waals surface area contributed by atoms with Gasteiger partial charge in [-0.3, -0.25) is 14.6 Å². The summed E-state index contributed by atoms with van der Waals surface area (Å²) in [5.74, 6) is -0.417. The summed E-state index contributed by atoms with van der Waals surface area (Å²) in [5, 5.41) is 0. The summed E-state index contributed by atoms with van der Waals surface area (Å²) in [5.41, 5.74) is 7.62. The zero-order chi connectivity index (χ0) is 25.6. The maximum atomic E-state index is 13.9. The van der Waals surface area contributed by atoms with Crippen molar-refractivity contribution in [3.63, 3.8) is 0 Å². The largest absolute Gasteiger partial charge is 0.372 e. The Balaban J connectivity index is 0.00000137. The van der Waals surface area contributed by atoms with Crippen molar-refractivity contribution in [1.29, 1.82) is 0 Å². The summed E-state index contributed by atoms with van der Waals surface area (Å²) >= 11 is 0. The second kappa shape index (κ2) is 15.1. The van der Waals surface area contributed by atoms with E-state index in [1.54, 1.807) is 12.1 Å². The molecule has 2 unspecified atom stereocenters. The highest BCUT2D eigenvalue weighted by Crippen LogP contribution is 2.34. The van der Waals surface area contributed by atoms with Crippen LogP contribution in [0.2, 0.25) is 0 Å². The van der Waals surface area contributed by atoms with E-state index < -0.39 is 0 Å². The second-order valence-electron chi connectivity index (χ2n) is 8.96. The van der Waals surface area contributed by atoms with Gasteiger partial charge in [0.2, 0.25) is 6.41 Å². The molecule has 35 heavy (non-hydrogen) atoms. The van der Waals surface area contributed by atoms with Gasteiger partial charge in [-0.25, -0.2) is 4.39 Å². The smallest absolute Gasteiger partial charge is 0.274 e. The fourth-order valence-corrected chi connectivity index (χ4v) is 4.60. The maximum Gasteiger partial charge on any atom is 0.274 e. The van der Waals surface area contributed by atoms with Crippen molar-refractivity contribution >= 4 is 18.0 Å². The fourth-order valence-electron chi connectivity index (χ4n) is 4.60.